The fourth-order valence-electron chi connectivity index (χ4n) is 3.20. The molecule has 4 heteroatoms. The molecule has 2 saturated heterocycles. The van der Waals surface area contributed by atoms with E-state index in [2.05, 4.69) is 15.2 Å². The highest BCUT2D eigenvalue weighted by Crippen LogP contribution is 2.26. The first-order chi connectivity index (χ1) is 8.72. The van der Waals surface area contributed by atoms with E-state index in [1.807, 2.05) is 13.0 Å². The van der Waals surface area contributed by atoms with Gasteiger partial charge < -0.3 is 10.4 Å². The molecule has 2 aliphatic heterocycles. The maximum absolute atomic E-state index is 9.85. The molecule has 0 aromatic carbocycles. The summed E-state index contributed by atoms with van der Waals surface area (Å²) in [5.74, 6) is 1.11. The lowest BCUT2D eigenvalue weighted by atomic mass is 9.93. The summed E-state index contributed by atoms with van der Waals surface area (Å²) >= 11 is 0. The molecule has 3 heterocycles. The van der Waals surface area contributed by atoms with Gasteiger partial charge in [0.05, 0.1) is 5.69 Å². The molecule has 2 N–H and O–H groups in total. The lowest BCUT2D eigenvalue weighted by Crippen LogP contribution is -2.44. The van der Waals surface area contributed by atoms with Crippen LogP contribution >= 0.6 is 0 Å². The van der Waals surface area contributed by atoms with E-state index in [1.54, 1.807) is 6.07 Å². The van der Waals surface area contributed by atoms with Gasteiger partial charge in [-0.25, -0.2) is 0 Å². The maximum Gasteiger partial charge on any atom is 0.138 e. The van der Waals surface area contributed by atoms with Crippen LogP contribution in [0, 0.1) is 12.8 Å². The van der Waals surface area contributed by atoms with Gasteiger partial charge in [0, 0.05) is 31.4 Å². The molecule has 0 saturated carbocycles. The van der Waals surface area contributed by atoms with Gasteiger partial charge in [0.2, 0.25) is 0 Å². The number of likely N-dealkylation sites (tertiary alicyclic amines) is 1. The summed E-state index contributed by atoms with van der Waals surface area (Å²) in [5, 5.41) is 13.4. The van der Waals surface area contributed by atoms with Gasteiger partial charge in [-0.05, 0) is 44.4 Å². The Hall–Kier alpha value is -1.13. The van der Waals surface area contributed by atoms with Crippen molar-refractivity contribution in [2.45, 2.75) is 32.4 Å². The van der Waals surface area contributed by atoms with E-state index < -0.39 is 0 Å². The second kappa shape index (κ2) is 4.86. The number of rotatable bonds is 2. The summed E-state index contributed by atoms with van der Waals surface area (Å²) in [7, 11) is 0. The van der Waals surface area contributed by atoms with Crippen molar-refractivity contribution in [2.75, 3.05) is 19.6 Å². The third-order valence-electron chi connectivity index (χ3n) is 4.20. The van der Waals surface area contributed by atoms with Crippen LogP contribution < -0.4 is 5.32 Å². The number of fused-ring (bicyclic) bond motifs is 1. The summed E-state index contributed by atoms with van der Waals surface area (Å²) in [5.41, 5.74) is 1.79. The summed E-state index contributed by atoms with van der Waals surface area (Å²) < 4.78 is 0. The van der Waals surface area contributed by atoms with Gasteiger partial charge in [-0.1, -0.05) is 0 Å². The Morgan fingerprint density at radius 1 is 1.44 bits per heavy atom. The highest BCUT2D eigenvalue weighted by Gasteiger charge is 2.32. The number of aromatic hydroxyl groups is 1. The minimum Gasteiger partial charge on any atom is -0.506 e. The van der Waals surface area contributed by atoms with Crippen LogP contribution in [0.2, 0.25) is 0 Å². The first kappa shape index (κ1) is 11.9. The van der Waals surface area contributed by atoms with Crippen molar-refractivity contribution in [1.29, 1.82) is 0 Å². The van der Waals surface area contributed by atoms with Crippen LogP contribution in [-0.2, 0) is 6.54 Å². The van der Waals surface area contributed by atoms with Gasteiger partial charge in [-0.3, -0.25) is 9.88 Å². The molecular weight excluding hydrogens is 226 g/mol. The van der Waals surface area contributed by atoms with Gasteiger partial charge in [0.15, 0.2) is 0 Å². The Balaban J connectivity index is 1.67. The molecule has 0 aliphatic carbocycles. The highest BCUT2D eigenvalue weighted by molar-refractivity contribution is 5.27. The molecule has 18 heavy (non-hydrogen) atoms. The van der Waals surface area contributed by atoms with Crippen molar-refractivity contribution in [2.24, 2.45) is 5.92 Å². The van der Waals surface area contributed by atoms with E-state index in [0.29, 0.717) is 5.75 Å². The highest BCUT2D eigenvalue weighted by atomic mass is 16.3. The lowest BCUT2D eigenvalue weighted by Gasteiger charge is -2.34. The number of piperidine rings is 1. The molecule has 2 unspecified atom stereocenters. The summed E-state index contributed by atoms with van der Waals surface area (Å²) in [6, 6.07) is 4.33. The number of nitrogens with one attached hydrogen (secondary N) is 1. The Bertz CT molecular complexity index is 435. The molecule has 0 bridgehead atoms. The molecule has 2 fully saturated rings. The van der Waals surface area contributed by atoms with E-state index >= 15 is 0 Å². The summed E-state index contributed by atoms with van der Waals surface area (Å²) in [4.78, 5) is 6.87. The van der Waals surface area contributed by atoms with Crippen LogP contribution in [0.1, 0.15) is 24.2 Å². The predicted molar refractivity (Wildman–Crippen MR) is 70.4 cm³/mol. The molecule has 4 nitrogen and oxygen atoms in total. The van der Waals surface area contributed by atoms with Crippen molar-refractivity contribution >= 4 is 0 Å². The van der Waals surface area contributed by atoms with Crippen molar-refractivity contribution in [1.82, 2.24) is 15.2 Å². The standard InChI is InChI=1S/C14H21N3O/c1-10-2-3-14(18)13(16-10)9-17-7-5-12-11(8-17)4-6-15-12/h2-3,11-12,15,18H,4-9H2,1H3. The van der Waals surface area contributed by atoms with Gasteiger partial charge in [0.1, 0.15) is 5.75 Å². The first-order valence-electron chi connectivity index (χ1n) is 6.83. The molecule has 1 aromatic rings. The molecule has 0 spiro atoms. The van der Waals surface area contributed by atoms with Crippen molar-refractivity contribution < 1.29 is 5.11 Å². The summed E-state index contributed by atoms with van der Waals surface area (Å²) in [6.45, 7) is 6.14. The lowest BCUT2D eigenvalue weighted by molar-refractivity contribution is 0.153. The van der Waals surface area contributed by atoms with E-state index in [0.717, 1.165) is 49.5 Å². The predicted octanol–water partition coefficient (Wildman–Crippen LogP) is 1.28. The van der Waals surface area contributed by atoms with E-state index in [-0.39, 0.29) is 0 Å². The van der Waals surface area contributed by atoms with Crippen molar-refractivity contribution in [3.63, 3.8) is 0 Å². The molecular formula is C14H21N3O. The minimum atomic E-state index is 0.326. The zero-order valence-electron chi connectivity index (χ0n) is 10.9. The third kappa shape index (κ3) is 2.35. The van der Waals surface area contributed by atoms with Crippen molar-refractivity contribution in [3.8, 4) is 5.75 Å². The van der Waals surface area contributed by atoms with Crippen molar-refractivity contribution in [3.05, 3.63) is 23.5 Å². The van der Waals surface area contributed by atoms with Gasteiger partial charge >= 0.3 is 0 Å². The van der Waals surface area contributed by atoms with Crippen LogP contribution in [0.3, 0.4) is 0 Å². The second-order valence-electron chi connectivity index (χ2n) is 5.55. The second-order valence-corrected chi connectivity index (χ2v) is 5.55. The molecule has 2 atom stereocenters. The van der Waals surface area contributed by atoms with Gasteiger partial charge in [-0.2, -0.15) is 0 Å². The smallest absolute Gasteiger partial charge is 0.138 e. The van der Waals surface area contributed by atoms with Crippen LogP contribution in [-0.4, -0.2) is 40.7 Å². The number of aryl methyl sites for hydroxylation is 1. The minimum absolute atomic E-state index is 0.326. The number of hydrogen-bond acceptors (Lipinski definition) is 4. The number of aromatic nitrogens is 1. The average molecular weight is 247 g/mol. The summed E-state index contributed by atoms with van der Waals surface area (Å²) in [6.07, 6.45) is 2.51. The van der Waals surface area contributed by atoms with Gasteiger partial charge in [0.25, 0.3) is 0 Å². The molecule has 0 radical (unpaired) electrons. The Kier molecular flexibility index (Phi) is 3.22. The zero-order chi connectivity index (χ0) is 12.5. The Morgan fingerprint density at radius 3 is 3.22 bits per heavy atom. The Labute approximate surface area is 108 Å². The third-order valence-corrected chi connectivity index (χ3v) is 4.20. The number of hydrogen-bond donors (Lipinski definition) is 2. The normalized spacial score (nSPS) is 28.3. The fourth-order valence-corrected chi connectivity index (χ4v) is 3.20. The number of nitrogens with zero attached hydrogens (tertiary/aromatic N) is 2. The van der Waals surface area contributed by atoms with E-state index in [4.69, 9.17) is 0 Å². The fraction of sp³-hybridized carbons (Fsp3) is 0.643. The topological polar surface area (TPSA) is 48.4 Å². The zero-order valence-corrected chi connectivity index (χ0v) is 10.9. The SMILES string of the molecule is Cc1ccc(O)c(CN2CCC3NCCC3C2)n1. The largest absolute Gasteiger partial charge is 0.506 e. The van der Waals surface area contributed by atoms with E-state index in [9.17, 15) is 5.11 Å². The van der Waals surface area contributed by atoms with Crippen LogP contribution in [0.4, 0.5) is 0 Å². The molecule has 98 valence electrons. The molecule has 2 aliphatic rings. The van der Waals surface area contributed by atoms with Crippen LogP contribution in [0.15, 0.2) is 12.1 Å². The Morgan fingerprint density at radius 2 is 2.33 bits per heavy atom. The first-order valence-corrected chi connectivity index (χ1v) is 6.83. The maximum atomic E-state index is 9.85. The van der Waals surface area contributed by atoms with Crippen LogP contribution in [0.5, 0.6) is 5.75 Å². The monoisotopic (exact) mass is 247 g/mol. The van der Waals surface area contributed by atoms with Crippen LogP contribution in [0.25, 0.3) is 0 Å². The molecule has 1 aromatic heterocycles. The average Bonchev–Trinajstić information content (AvgIpc) is 2.81. The quantitative estimate of drug-likeness (QED) is 0.826. The van der Waals surface area contributed by atoms with E-state index in [1.165, 1.54) is 12.8 Å². The van der Waals surface area contributed by atoms with Gasteiger partial charge in [-0.15, -0.1) is 0 Å². The number of pyridine rings is 1. The molecule has 3 rings (SSSR count). The molecule has 0 amide bonds.